The van der Waals surface area contributed by atoms with Crippen molar-refractivity contribution in [3.8, 4) is 5.82 Å². The predicted molar refractivity (Wildman–Crippen MR) is 104 cm³/mol. The summed E-state index contributed by atoms with van der Waals surface area (Å²) in [6.45, 7) is 3.66. The van der Waals surface area contributed by atoms with Crippen LogP contribution in [0.4, 0.5) is 0 Å². The smallest absolute Gasteiger partial charge is 0.266 e. The number of aromatic nitrogens is 6. The fraction of sp³-hybridized carbons (Fsp3) is 0.500. The third kappa shape index (κ3) is 3.64. The minimum absolute atomic E-state index is 0.0511. The maximum Gasteiger partial charge on any atom is 0.266 e. The molecule has 3 aromatic rings. The molecule has 0 amide bonds. The molecule has 8 heteroatoms. The molecule has 4 heterocycles. The van der Waals surface area contributed by atoms with E-state index in [0.29, 0.717) is 24.3 Å². The zero-order valence-corrected chi connectivity index (χ0v) is 15.9. The van der Waals surface area contributed by atoms with E-state index in [1.54, 1.807) is 27.7 Å². The van der Waals surface area contributed by atoms with Crippen molar-refractivity contribution in [3.05, 3.63) is 59.2 Å². The summed E-state index contributed by atoms with van der Waals surface area (Å²) >= 11 is 0. The van der Waals surface area contributed by atoms with Crippen LogP contribution in [0.25, 0.3) is 5.82 Å². The van der Waals surface area contributed by atoms with Gasteiger partial charge in [0.25, 0.3) is 5.56 Å². The molecule has 28 heavy (non-hydrogen) atoms. The molecular weight excluding hydrogens is 354 g/mol. The van der Waals surface area contributed by atoms with E-state index >= 15 is 0 Å². The van der Waals surface area contributed by atoms with Gasteiger partial charge in [-0.25, -0.2) is 14.3 Å². The summed E-state index contributed by atoms with van der Waals surface area (Å²) in [7, 11) is 0. The highest BCUT2D eigenvalue weighted by atomic mass is 16.1. The third-order valence-electron chi connectivity index (χ3n) is 5.78. The Bertz CT molecular complexity index is 978. The van der Waals surface area contributed by atoms with Gasteiger partial charge in [0.15, 0.2) is 5.82 Å². The van der Waals surface area contributed by atoms with Crippen LogP contribution in [-0.4, -0.2) is 47.1 Å². The normalized spacial score (nSPS) is 18.6. The molecule has 2 fully saturated rings. The largest absolute Gasteiger partial charge is 0.331 e. The minimum Gasteiger partial charge on any atom is -0.331 e. The van der Waals surface area contributed by atoms with Crippen LogP contribution in [0.15, 0.2) is 47.8 Å². The number of hydrogen-bond donors (Lipinski definition) is 0. The average molecular weight is 379 g/mol. The van der Waals surface area contributed by atoms with Crippen molar-refractivity contribution in [3.63, 3.8) is 0 Å². The van der Waals surface area contributed by atoms with Crippen LogP contribution >= 0.6 is 0 Å². The number of piperidine rings is 1. The molecule has 2 aliphatic rings. The van der Waals surface area contributed by atoms with Crippen molar-refractivity contribution >= 4 is 0 Å². The molecule has 1 saturated carbocycles. The van der Waals surface area contributed by atoms with Crippen LogP contribution in [0.5, 0.6) is 0 Å². The van der Waals surface area contributed by atoms with Crippen LogP contribution in [0.3, 0.4) is 0 Å². The van der Waals surface area contributed by atoms with Gasteiger partial charge >= 0.3 is 0 Å². The minimum atomic E-state index is -0.0511. The molecule has 1 aliphatic heterocycles. The summed E-state index contributed by atoms with van der Waals surface area (Å²) in [6, 6.07) is 5.82. The van der Waals surface area contributed by atoms with Crippen LogP contribution < -0.4 is 5.56 Å². The Morgan fingerprint density at radius 3 is 2.64 bits per heavy atom. The van der Waals surface area contributed by atoms with Gasteiger partial charge in [0.05, 0.1) is 6.54 Å². The van der Waals surface area contributed by atoms with Gasteiger partial charge in [-0.05, 0) is 56.8 Å². The van der Waals surface area contributed by atoms with Crippen molar-refractivity contribution in [1.82, 2.24) is 34.0 Å². The van der Waals surface area contributed by atoms with Gasteiger partial charge in [0.2, 0.25) is 0 Å². The topological polar surface area (TPSA) is 73.8 Å². The van der Waals surface area contributed by atoms with Crippen molar-refractivity contribution < 1.29 is 0 Å². The predicted octanol–water partition coefficient (Wildman–Crippen LogP) is 1.87. The van der Waals surface area contributed by atoms with Gasteiger partial charge in [-0.2, -0.15) is 5.10 Å². The van der Waals surface area contributed by atoms with E-state index in [1.165, 1.54) is 18.7 Å². The van der Waals surface area contributed by atoms with Gasteiger partial charge in [-0.1, -0.05) is 0 Å². The van der Waals surface area contributed by atoms with E-state index in [9.17, 15) is 4.79 Å². The molecule has 1 saturated heterocycles. The van der Waals surface area contributed by atoms with Crippen molar-refractivity contribution in [2.75, 3.05) is 13.1 Å². The van der Waals surface area contributed by atoms with Crippen molar-refractivity contribution in [2.45, 2.75) is 44.8 Å². The first kappa shape index (κ1) is 17.4. The SMILES string of the molecule is O=c1ccc(-n2cccn2)nn1CC1CCN(Cc2nccn2C2CC2)CC1. The third-order valence-corrected chi connectivity index (χ3v) is 5.78. The zero-order valence-electron chi connectivity index (χ0n) is 15.9. The maximum atomic E-state index is 12.2. The number of rotatable bonds is 6. The van der Waals surface area contributed by atoms with E-state index in [2.05, 4.69) is 30.8 Å². The van der Waals surface area contributed by atoms with Crippen LogP contribution in [0.1, 0.15) is 37.5 Å². The maximum absolute atomic E-state index is 12.2. The Kier molecular flexibility index (Phi) is 4.56. The highest BCUT2D eigenvalue weighted by molar-refractivity contribution is 5.17. The molecule has 1 aliphatic carbocycles. The zero-order chi connectivity index (χ0) is 18.9. The lowest BCUT2D eigenvalue weighted by molar-refractivity contribution is 0.159. The number of nitrogens with zero attached hydrogens (tertiary/aromatic N) is 7. The lowest BCUT2D eigenvalue weighted by Gasteiger charge is -2.31. The van der Waals surface area contributed by atoms with Gasteiger partial charge in [0.1, 0.15) is 5.82 Å². The lowest BCUT2D eigenvalue weighted by atomic mass is 9.97. The van der Waals surface area contributed by atoms with Crippen molar-refractivity contribution in [1.29, 1.82) is 0 Å². The van der Waals surface area contributed by atoms with E-state index in [-0.39, 0.29) is 5.56 Å². The average Bonchev–Trinajstić information content (AvgIpc) is 3.21. The molecule has 0 bridgehead atoms. The Morgan fingerprint density at radius 1 is 1.04 bits per heavy atom. The fourth-order valence-corrected chi connectivity index (χ4v) is 4.02. The molecule has 3 aromatic heterocycles. The molecule has 0 unspecified atom stereocenters. The highest BCUT2D eigenvalue weighted by Crippen LogP contribution is 2.35. The first-order chi connectivity index (χ1) is 13.8. The fourth-order valence-electron chi connectivity index (χ4n) is 4.02. The molecule has 0 radical (unpaired) electrons. The van der Waals surface area contributed by atoms with Gasteiger partial charge < -0.3 is 4.57 Å². The van der Waals surface area contributed by atoms with Gasteiger partial charge in [0, 0.05) is 43.4 Å². The molecule has 0 spiro atoms. The Balaban J connectivity index is 1.20. The van der Waals surface area contributed by atoms with Crippen molar-refractivity contribution in [2.24, 2.45) is 5.92 Å². The summed E-state index contributed by atoms with van der Waals surface area (Å²) in [4.78, 5) is 19.3. The second kappa shape index (κ2) is 7.35. The second-order valence-electron chi connectivity index (χ2n) is 7.86. The molecule has 8 nitrogen and oxygen atoms in total. The number of likely N-dealkylation sites (tertiary alicyclic amines) is 1. The van der Waals surface area contributed by atoms with Crippen LogP contribution in [-0.2, 0) is 13.1 Å². The molecule has 5 rings (SSSR count). The first-order valence-corrected chi connectivity index (χ1v) is 10.1. The van der Waals surface area contributed by atoms with E-state index in [0.717, 1.165) is 32.5 Å². The summed E-state index contributed by atoms with van der Waals surface area (Å²) in [6.07, 6.45) is 12.3. The second-order valence-corrected chi connectivity index (χ2v) is 7.86. The van der Waals surface area contributed by atoms with Crippen LogP contribution in [0, 0.1) is 5.92 Å². The Hall–Kier alpha value is -2.74. The Labute approximate surface area is 163 Å². The monoisotopic (exact) mass is 379 g/mol. The number of hydrogen-bond acceptors (Lipinski definition) is 5. The molecule has 146 valence electrons. The molecule has 0 N–H and O–H groups in total. The number of imidazole rings is 1. The summed E-state index contributed by atoms with van der Waals surface area (Å²) < 4.78 is 5.62. The van der Waals surface area contributed by atoms with E-state index < -0.39 is 0 Å². The van der Waals surface area contributed by atoms with Gasteiger partial charge in [-0.3, -0.25) is 9.69 Å². The highest BCUT2D eigenvalue weighted by Gasteiger charge is 2.27. The lowest BCUT2D eigenvalue weighted by Crippen LogP contribution is -2.37. The Morgan fingerprint density at radius 2 is 1.89 bits per heavy atom. The van der Waals surface area contributed by atoms with Crippen LogP contribution in [0.2, 0.25) is 0 Å². The quantitative estimate of drug-likeness (QED) is 0.654. The van der Waals surface area contributed by atoms with E-state index in [4.69, 9.17) is 0 Å². The summed E-state index contributed by atoms with van der Waals surface area (Å²) in [5.41, 5.74) is -0.0511. The molecule has 0 aromatic carbocycles. The molecular formula is C20H25N7O. The standard InChI is InChI=1S/C20H25N7O/c28-20-5-4-18(26-10-1-8-22-26)23-27(20)14-16-6-11-24(12-7-16)15-19-21-9-13-25(19)17-2-3-17/h1,4-5,8-10,13,16-17H,2-3,6-7,11-12,14-15H2. The van der Waals surface area contributed by atoms with E-state index in [1.807, 2.05) is 18.5 Å². The summed E-state index contributed by atoms with van der Waals surface area (Å²) in [5.74, 6) is 2.33. The molecule has 0 atom stereocenters. The summed E-state index contributed by atoms with van der Waals surface area (Å²) in [5, 5.41) is 8.70. The first-order valence-electron chi connectivity index (χ1n) is 10.1. The van der Waals surface area contributed by atoms with Gasteiger partial charge in [-0.15, -0.1) is 5.10 Å².